The summed E-state index contributed by atoms with van der Waals surface area (Å²) in [6.45, 7) is 4.67. The first kappa shape index (κ1) is 19.9. The van der Waals surface area contributed by atoms with Crippen molar-refractivity contribution < 1.29 is 18.7 Å². The highest BCUT2D eigenvalue weighted by atomic mass is 19.1. The van der Waals surface area contributed by atoms with Crippen LogP contribution in [0.4, 0.5) is 4.39 Å². The number of carbonyl (C=O) groups excluding carboxylic acids is 1. The normalized spacial score (nSPS) is 21.3. The molecule has 156 valence electrons. The summed E-state index contributed by atoms with van der Waals surface area (Å²) in [7, 11) is 0. The van der Waals surface area contributed by atoms with Gasteiger partial charge in [0, 0.05) is 25.4 Å². The molecule has 3 heterocycles. The number of rotatable bonds is 5. The zero-order valence-corrected chi connectivity index (χ0v) is 16.8. The lowest BCUT2D eigenvalue weighted by atomic mass is 9.78. The molecule has 2 saturated heterocycles. The van der Waals surface area contributed by atoms with E-state index in [1.807, 2.05) is 11.8 Å². The molecule has 1 spiro atoms. The number of nitrogens with zero attached hydrogens (tertiary/aromatic N) is 2. The quantitative estimate of drug-likeness (QED) is 0.829. The Morgan fingerprint density at radius 2 is 2.10 bits per heavy atom. The topological polar surface area (TPSA) is 67.5 Å². The maximum absolute atomic E-state index is 13.0. The third kappa shape index (κ3) is 4.78. The Kier molecular flexibility index (Phi) is 5.85. The fourth-order valence-corrected chi connectivity index (χ4v) is 4.41. The van der Waals surface area contributed by atoms with Crippen molar-refractivity contribution in [1.29, 1.82) is 0 Å². The van der Waals surface area contributed by atoms with Crippen LogP contribution in [0.15, 0.2) is 30.3 Å². The summed E-state index contributed by atoms with van der Waals surface area (Å²) >= 11 is 0. The van der Waals surface area contributed by atoms with Gasteiger partial charge in [-0.05, 0) is 75.3 Å². The third-order valence-electron chi connectivity index (χ3n) is 6.09. The van der Waals surface area contributed by atoms with Gasteiger partial charge in [0.2, 0.25) is 0 Å². The van der Waals surface area contributed by atoms with E-state index in [4.69, 9.17) is 9.47 Å². The van der Waals surface area contributed by atoms with Gasteiger partial charge >= 0.3 is 0 Å². The van der Waals surface area contributed by atoms with Crippen molar-refractivity contribution in [3.05, 3.63) is 47.5 Å². The first-order chi connectivity index (χ1) is 14.0. The molecule has 2 aliphatic heterocycles. The standard InChI is InChI=1S/C22H28FN3O3/c1-16-14-20(25-24-16)21(27)26-10-8-22(9-11-26)15-17(7-13-29-22)6-12-28-19-4-2-18(23)3-5-19/h2-5,14,17H,6-13,15H2,1H3,(H,24,25). The summed E-state index contributed by atoms with van der Waals surface area (Å²) in [4.78, 5) is 14.5. The molecule has 2 fully saturated rings. The molecule has 7 heteroatoms. The lowest BCUT2D eigenvalue weighted by molar-refractivity contribution is -0.125. The number of amides is 1. The third-order valence-corrected chi connectivity index (χ3v) is 6.09. The van der Waals surface area contributed by atoms with E-state index in [1.165, 1.54) is 12.1 Å². The fraction of sp³-hybridized carbons (Fsp3) is 0.545. The molecule has 1 unspecified atom stereocenters. The molecule has 2 aliphatic rings. The van der Waals surface area contributed by atoms with E-state index in [2.05, 4.69) is 10.2 Å². The Bertz CT molecular complexity index is 828. The number of likely N-dealkylation sites (tertiary alicyclic amines) is 1. The van der Waals surface area contributed by atoms with Crippen LogP contribution < -0.4 is 4.74 Å². The number of H-pyrrole nitrogens is 1. The Balaban J connectivity index is 1.26. The zero-order chi connectivity index (χ0) is 20.3. The number of nitrogens with one attached hydrogen (secondary N) is 1. The smallest absolute Gasteiger partial charge is 0.274 e. The molecule has 2 aromatic rings. The Hall–Kier alpha value is -2.41. The van der Waals surface area contributed by atoms with Gasteiger partial charge in [0.25, 0.3) is 5.91 Å². The minimum absolute atomic E-state index is 0.00995. The van der Waals surface area contributed by atoms with Crippen molar-refractivity contribution in [3.8, 4) is 5.75 Å². The van der Waals surface area contributed by atoms with Crippen molar-refractivity contribution in [3.63, 3.8) is 0 Å². The molecule has 0 radical (unpaired) electrons. The molecule has 0 bridgehead atoms. The molecule has 1 amide bonds. The number of piperidine rings is 1. The van der Waals surface area contributed by atoms with Crippen LogP contribution in [0, 0.1) is 18.7 Å². The monoisotopic (exact) mass is 401 g/mol. The molecule has 0 aliphatic carbocycles. The van der Waals surface area contributed by atoms with Crippen LogP contribution in [0.25, 0.3) is 0 Å². The number of aromatic nitrogens is 2. The molecular formula is C22H28FN3O3. The number of halogens is 1. The van der Waals surface area contributed by atoms with Crippen LogP contribution in [-0.2, 0) is 4.74 Å². The number of hydrogen-bond donors (Lipinski definition) is 1. The highest BCUT2D eigenvalue weighted by Gasteiger charge is 2.41. The summed E-state index contributed by atoms with van der Waals surface area (Å²) in [5.41, 5.74) is 1.25. The lowest BCUT2D eigenvalue weighted by Gasteiger charge is -2.46. The van der Waals surface area contributed by atoms with E-state index in [0.717, 1.165) is 44.4 Å². The van der Waals surface area contributed by atoms with E-state index in [1.54, 1.807) is 18.2 Å². The summed E-state index contributed by atoms with van der Waals surface area (Å²) in [5.74, 6) is 0.981. The number of hydrogen-bond acceptors (Lipinski definition) is 4. The largest absolute Gasteiger partial charge is 0.494 e. The van der Waals surface area contributed by atoms with E-state index < -0.39 is 0 Å². The van der Waals surface area contributed by atoms with Gasteiger partial charge in [0.05, 0.1) is 12.2 Å². The average molecular weight is 401 g/mol. The van der Waals surface area contributed by atoms with Crippen LogP contribution in [0.5, 0.6) is 5.75 Å². The number of ether oxygens (including phenoxy) is 2. The maximum Gasteiger partial charge on any atom is 0.274 e. The Morgan fingerprint density at radius 1 is 1.34 bits per heavy atom. The first-order valence-electron chi connectivity index (χ1n) is 10.4. The molecule has 0 saturated carbocycles. The number of carbonyl (C=O) groups is 1. The van der Waals surface area contributed by atoms with Gasteiger partial charge in [-0.25, -0.2) is 4.39 Å². The summed E-state index contributed by atoms with van der Waals surface area (Å²) in [6, 6.07) is 7.94. The van der Waals surface area contributed by atoms with Crippen molar-refractivity contribution in [1.82, 2.24) is 15.1 Å². The van der Waals surface area contributed by atoms with E-state index >= 15 is 0 Å². The van der Waals surface area contributed by atoms with Crippen LogP contribution in [0.1, 0.15) is 48.3 Å². The molecule has 4 rings (SSSR count). The molecule has 1 N–H and O–H groups in total. The van der Waals surface area contributed by atoms with E-state index in [0.29, 0.717) is 37.1 Å². The lowest BCUT2D eigenvalue weighted by Crippen LogP contribution is -2.51. The average Bonchev–Trinajstić information content (AvgIpc) is 3.16. The summed E-state index contributed by atoms with van der Waals surface area (Å²) < 4.78 is 25.0. The molecular weight excluding hydrogens is 373 g/mol. The van der Waals surface area contributed by atoms with Gasteiger partial charge in [-0.2, -0.15) is 5.10 Å². The van der Waals surface area contributed by atoms with Gasteiger partial charge in [0.15, 0.2) is 0 Å². The minimum atomic E-state index is -0.254. The molecule has 6 nitrogen and oxygen atoms in total. The van der Waals surface area contributed by atoms with Gasteiger partial charge in [-0.15, -0.1) is 0 Å². The molecule has 29 heavy (non-hydrogen) atoms. The van der Waals surface area contributed by atoms with Crippen LogP contribution in [-0.4, -0.2) is 52.9 Å². The molecule has 1 atom stereocenters. The highest BCUT2D eigenvalue weighted by molar-refractivity contribution is 5.92. The predicted molar refractivity (Wildman–Crippen MR) is 106 cm³/mol. The van der Waals surface area contributed by atoms with Crippen molar-refractivity contribution in [2.75, 3.05) is 26.3 Å². The first-order valence-corrected chi connectivity index (χ1v) is 10.4. The second kappa shape index (κ2) is 8.53. The Labute approximate surface area is 170 Å². The van der Waals surface area contributed by atoms with Gasteiger partial charge in [-0.3, -0.25) is 9.89 Å². The zero-order valence-electron chi connectivity index (χ0n) is 16.8. The fourth-order valence-electron chi connectivity index (χ4n) is 4.41. The van der Waals surface area contributed by atoms with Gasteiger partial charge in [0.1, 0.15) is 17.3 Å². The van der Waals surface area contributed by atoms with Gasteiger partial charge in [-0.1, -0.05) is 0 Å². The maximum atomic E-state index is 13.0. The van der Waals surface area contributed by atoms with Crippen molar-refractivity contribution in [2.24, 2.45) is 5.92 Å². The van der Waals surface area contributed by atoms with E-state index in [9.17, 15) is 9.18 Å². The van der Waals surface area contributed by atoms with Crippen LogP contribution in [0.3, 0.4) is 0 Å². The second-order valence-electron chi connectivity index (χ2n) is 8.21. The summed E-state index contributed by atoms with van der Waals surface area (Å²) in [6.07, 6.45) is 4.71. The number of aromatic amines is 1. The summed E-state index contributed by atoms with van der Waals surface area (Å²) in [5, 5.41) is 6.92. The SMILES string of the molecule is Cc1cc(C(=O)N2CCC3(CC2)CC(CCOc2ccc(F)cc2)CCO3)n[nH]1. The minimum Gasteiger partial charge on any atom is -0.494 e. The number of benzene rings is 1. The molecule has 1 aromatic heterocycles. The Morgan fingerprint density at radius 3 is 2.79 bits per heavy atom. The highest BCUT2D eigenvalue weighted by Crippen LogP contribution is 2.39. The number of aryl methyl sites for hydroxylation is 1. The van der Waals surface area contributed by atoms with Crippen LogP contribution >= 0.6 is 0 Å². The van der Waals surface area contributed by atoms with Crippen molar-refractivity contribution in [2.45, 2.75) is 44.6 Å². The van der Waals surface area contributed by atoms with Crippen molar-refractivity contribution >= 4 is 5.91 Å². The van der Waals surface area contributed by atoms with Gasteiger partial charge < -0.3 is 14.4 Å². The van der Waals surface area contributed by atoms with E-state index in [-0.39, 0.29) is 17.3 Å². The molecule has 1 aromatic carbocycles. The van der Waals surface area contributed by atoms with Crippen LogP contribution in [0.2, 0.25) is 0 Å². The second-order valence-corrected chi connectivity index (χ2v) is 8.21. The predicted octanol–water partition coefficient (Wildman–Crippen LogP) is 3.73.